The molecule has 8 heteroatoms. The highest BCUT2D eigenvalue weighted by molar-refractivity contribution is 5.95. The van der Waals surface area contributed by atoms with Crippen LogP contribution in [0, 0.1) is 0 Å². The summed E-state index contributed by atoms with van der Waals surface area (Å²) in [6.07, 6.45) is 2.46. The Labute approximate surface area is 190 Å². The SMILES string of the molecule is O=C(N[C@H]1CO[C@H]2[C@@H]1OC[C@@H]2NC(=O)c1cccc(Oc2ccccc2)c1)c1cccnc1. The number of ether oxygens (including phenoxy) is 3. The van der Waals surface area contributed by atoms with E-state index in [0.29, 0.717) is 35.8 Å². The van der Waals surface area contributed by atoms with Crippen LogP contribution in [0.5, 0.6) is 11.5 Å². The highest BCUT2D eigenvalue weighted by Gasteiger charge is 2.48. The average molecular weight is 445 g/mol. The maximum absolute atomic E-state index is 12.9. The van der Waals surface area contributed by atoms with Gasteiger partial charge in [0.15, 0.2) is 0 Å². The minimum atomic E-state index is -0.336. The third kappa shape index (κ3) is 4.72. The van der Waals surface area contributed by atoms with Crippen LogP contribution in [0.1, 0.15) is 20.7 Å². The smallest absolute Gasteiger partial charge is 0.253 e. The van der Waals surface area contributed by atoms with E-state index in [4.69, 9.17) is 14.2 Å². The van der Waals surface area contributed by atoms with E-state index in [2.05, 4.69) is 15.6 Å². The van der Waals surface area contributed by atoms with Gasteiger partial charge in [-0.1, -0.05) is 24.3 Å². The van der Waals surface area contributed by atoms with Gasteiger partial charge >= 0.3 is 0 Å². The van der Waals surface area contributed by atoms with Gasteiger partial charge in [0.1, 0.15) is 23.7 Å². The molecule has 2 amide bonds. The molecule has 5 rings (SSSR count). The van der Waals surface area contributed by atoms with Crippen LogP contribution >= 0.6 is 0 Å². The van der Waals surface area contributed by atoms with Gasteiger partial charge in [0, 0.05) is 18.0 Å². The predicted octanol–water partition coefficient (Wildman–Crippen LogP) is 2.57. The first-order chi connectivity index (χ1) is 16.2. The number of carbonyl (C=O) groups excluding carboxylic acids is 2. The molecule has 2 saturated heterocycles. The van der Waals surface area contributed by atoms with E-state index in [1.54, 1.807) is 42.6 Å². The summed E-state index contributed by atoms with van der Waals surface area (Å²) in [5.41, 5.74) is 0.952. The van der Waals surface area contributed by atoms with Crippen molar-refractivity contribution in [2.24, 2.45) is 0 Å². The molecule has 0 radical (unpaired) electrons. The Bertz CT molecular complexity index is 1130. The second-order valence-corrected chi connectivity index (χ2v) is 7.94. The number of hydrogen-bond acceptors (Lipinski definition) is 6. The van der Waals surface area contributed by atoms with Crippen molar-refractivity contribution in [3.63, 3.8) is 0 Å². The van der Waals surface area contributed by atoms with Crippen molar-refractivity contribution >= 4 is 11.8 Å². The van der Waals surface area contributed by atoms with Crippen LogP contribution in [0.4, 0.5) is 0 Å². The molecule has 33 heavy (non-hydrogen) atoms. The van der Waals surface area contributed by atoms with Gasteiger partial charge in [0.25, 0.3) is 11.8 Å². The number of hydrogen-bond donors (Lipinski definition) is 2. The summed E-state index contributed by atoms with van der Waals surface area (Å²) in [4.78, 5) is 29.3. The quantitative estimate of drug-likeness (QED) is 0.605. The molecule has 3 aromatic rings. The van der Waals surface area contributed by atoms with Crippen molar-refractivity contribution in [1.82, 2.24) is 15.6 Å². The fourth-order valence-corrected chi connectivity index (χ4v) is 4.07. The van der Waals surface area contributed by atoms with Gasteiger partial charge in [0.2, 0.25) is 0 Å². The fraction of sp³-hybridized carbons (Fsp3) is 0.240. The van der Waals surface area contributed by atoms with Crippen molar-refractivity contribution in [1.29, 1.82) is 0 Å². The number of amides is 2. The van der Waals surface area contributed by atoms with Gasteiger partial charge < -0.3 is 24.8 Å². The maximum Gasteiger partial charge on any atom is 0.253 e. The van der Waals surface area contributed by atoms with E-state index in [-0.39, 0.29) is 36.1 Å². The van der Waals surface area contributed by atoms with Crippen LogP contribution in [-0.2, 0) is 9.47 Å². The van der Waals surface area contributed by atoms with Gasteiger partial charge in [-0.25, -0.2) is 0 Å². The molecular weight excluding hydrogens is 422 g/mol. The van der Waals surface area contributed by atoms with E-state index in [0.717, 1.165) is 0 Å². The normalized spacial score (nSPS) is 23.5. The Kier molecular flexibility index (Phi) is 6.01. The van der Waals surface area contributed by atoms with Crippen LogP contribution < -0.4 is 15.4 Å². The number of fused-ring (bicyclic) bond motifs is 1. The van der Waals surface area contributed by atoms with Crippen LogP contribution in [-0.4, -0.2) is 54.3 Å². The first kappa shape index (κ1) is 21.1. The standard InChI is InChI=1S/C25H23N3O5/c29-24(16-6-4-10-19(12-16)33-18-8-2-1-3-9-18)27-20-14-31-23-21(15-32-22(20)23)28-25(30)17-7-5-11-26-13-17/h1-13,20-23H,14-15H2,(H,27,29)(H,28,30)/t20-,21-,22+,23+/m0/s1. The van der Waals surface area contributed by atoms with E-state index in [9.17, 15) is 9.59 Å². The van der Waals surface area contributed by atoms with E-state index in [1.807, 2.05) is 30.3 Å². The lowest BCUT2D eigenvalue weighted by atomic mass is 10.1. The number of rotatable bonds is 6. The average Bonchev–Trinajstić information content (AvgIpc) is 3.44. The molecule has 2 fully saturated rings. The number of nitrogens with zero attached hydrogens (tertiary/aromatic N) is 1. The Balaban J connectivity index is 1.19. The number of benzene rings is 2. The molecule has 2 aliphatic heterocycles. The number of aromatic nitrogens is 1. The zero-order valence-corrected chi connectivity index (χ0v) is 17.7. The largest absolute Gasteiger partial charge is 0.457 e. The monoisotopic (exact) mass is 445 g/mol. The van der Waals surface area contributed by atoms with E-state index >= 15 is 0 Å². The van der Waals surface area contributed by atoms with Crippen molar-refractivity contribution in [2.45, 2.75) is 24.3 Å². The fourth-order valence-electron chi connectivity index (χ4n) is 4.07. The molecule has 2 N–H and O–H groups in total. The molecule has 4 atom stereocenters. The molecule has 0 unspecified atom stereocenters. The lowest BCUT2D eigenvalue weighted by Gasteiger charge is -2.18. The van der Waals surface area contributed by atoms with Crippen molar-refractivity contribution in [2.75, 3.05) is 13.2 Å². The lowest BCUT2D eigenvalue weighted by Crippen LogP contribution is -2.46. The van der Waals surface area contributed by atoms with Crippen LogP contribution in [0.15, 0.2) is 79.1 Å². The van der Waals surface area contributed by atoms with Crippen molar-refractivity contribution in [3.8, 4) is 11.5 Å². The molecule has 3 heterocycles. The molecule has 2 aliphatic rings. The minimum Gasteiger partial charge on any atom is -0.457 e. The number of pyridine rings is 1. The molecule has 1 aromatic heterocycles. The maximum atomic E-state index is 12.9. The van der Waals surface area contributed by atoms with Gasteiger partial charge in [-0.05, 0) is 42.5 Å². The Hall–Kier alpha value is -3.75. The number of nitrogens with one attached hydrogen (secondary N) is 2. The zero-order valence-electron chi connectivity index (χ0n) is 17.7. The molecule has 0 spiro atoms. The van der Waals surface area contributed by atoms with Gasteiger partial charge in [-0.3, -0.25) is 14.6 Å². The lowest BCUT2D eigenvalue weighted by molar-refractivity contribution is 0.0628. The second-order valence-electron chi connectivity index (χ2n) is 7.94. The molecule has 8 nitrogen and oxygen atoms in total. The van der Waals surface area contributed by atoms with Crippen LogP contribution in [0.3, 0.4) is 0 Å². The minimum absolute atomic E-state index is 0.233. The summed E-state index contributed by atoms with van der Waals surface area (Å²) in [6, 6.07) is 19.2. The van der Waals surface area contributed by atoms with E-state index in [1.165, 1.54) is 6.20 Å². The topological polar surface area (TPSA) is 98.8 Å². The summed E-state index contributed by atoms with van der Waals surface area (Å²) >= 11 is 0. The third-order valence-corrected chi connectivity index (χ3v) is 5.69. The molecule has 168 valence electrons. The van der Waals surface area contributed by atoms with E-state index < -0.39 is 0 Å². The summed E-state index contributed by atoms with van der Waals surface area (Å²) in [7, 11) is 0. The first-order valence-corrected chi connectivity index (χ1v) is 10.8. The predicted molar refractivity (Wildman–Crippen MR) is 119 cm³/mol. The highest BCUT2D eigenvalue weighted by Crippen LogP contribution is 2.28. The second kappa shape index (κ2) is 9.40. The summed E-state index contributed by atoms with van der Waals surface area (Å²) in [6.45, 7) is 0.620. The molecule has 2 aromatic carbocycles. The molecule has 0 saturated carbocycles. The van der Waals surface area contributed by atoms with Crippen molar-refractivity contribution in [3.05, 3.63) is 90.3 Å². The van der Waals surface area contributed by atoms with Crippen molar-refractivity contribution < 1.29 is 23.8 Å². The number of carbonyl (C=O) groups is 2. The Morgan fingerprint density at radius 1 is 0.788 bits per heavy atom. The Morgan fingerprint density at radius 3 is 2.09 bits per heavy atom. The zero-order chi connectivity index (χ0) is 22.6. The van der Waals surface area contributed by atoms with Gasteiger partial charge in [-0.15, -0.1) is 0 Å². The van der Waals surface area contributed by atoms with Crippen LogP contribution in [0.25, 0.3) is 0 Å². The Morgan fingerprint density at radius 2 is 1.42 bits per heavy atom. The first-order valence-electron chi connectivity index (χ1n) is 10.8. The summed E-state index contributed by atoms with van der Waals surface area (Å²) in [5.74, 6) is 0.795. The molecule has 0 aliphatic carbocycles. The third-order valence-electron chi connectivity index (χ3n) is 5.69. The van der Waals surface area contributed by atoms with Gasteiger partial charge in [0.05, 0.1) is 30.9 Å². The summed E-state index contributed by atoms with van der Waals surface area (Å²) < 4.78 is 17.6. The van der Waals surface area contributed by atoms with Crippen LogP contribution in [0.2, 0.25) is 0 Å². The molecule has 0 bridgehead atoms. The summed E-state index contributed by atoms with van der Waals surface area (Å²) in [5, 5.41) is 5.94. The highest BCUT2D eigenvalue weighted by atomic mass is 16.6. The number of para-hydroxylation sites is 1. The molecular formula is C25H23N3O5. The van der Waals surface area contributed by atoms with Gasteiger partial charge in [-0.2, -0.15) is 0 Å².